The van der Waals surface area contributed by atoms with E-state index in [0.717, 1.165) is 16.7 Å². The minimum absolute atomic E-state index is 0. The Balaban J connectivity index is 0.000000232. The SMILES string of the molecule is [2H]C([2H])([2H])c1c[c-]c(-c2ccc(C([2H])([2H])[2H])cn2)cc1.[2H]C([2H])([2H])c1cc2oc3c(-c4nc5ccccc5n4-c4c(C(C)C)cccc4C(C)C)[c-]c4ocnc4c3c2c2ncoc12.[Ir]. The van der Waals surface area contributed by atoms with Gasteiger partial charge in [0.1, 0.15) is 11.1 Å². The van der Waals surface area contributed by atoms with Gasteiger partial charge in [-0.05, 0) is 77.1 Å². The van der Waals surface area contributed by atoms with Gasteiger partial charge in [-0.25, -0.2) is 4.98 Å². The molecule has 0 N–H and O–H groups in total. The average Bonchev–Trinajstić information content (AvgIpc) is 4.06. The first-order chi connectivity index (χ1) is 30.3. The largest absolute Gasteiger partial charge is 0.500 e. The van der Waals surface area contributed by atoms with Crippen LogP contribution in [0.25, 0.3) is 83.5 Å². The van der Waals surface area contributed by atoms with E-state index in [9.17, 15) is 0 Å². The van der Waals surface area contributed by atoms with E-state index >= 15 is 0 Å². The van der Waals surface area contributed by atoms with E-state index < -0.39 is 20.6 Å². The maximum atomic E-state index is 8.14. The van der Waals surface area contributed by atoms with Crippen molar-refractivity contribution in [2.45, 2.75) is 60.1 Å². The van der Waals surface area contributed by atoms with E-state index in [2.05, 4.69) is 83.6 Å². The Morgan fingerprint density at radius 1 is 0.750 bits per heavy atom. The third-order valence-corrected chi connectivity index (χ3v) is 9.73. The molecule has 10 aromatic rings. The second-order valence-corrected chi connectivity index (χ2v) is 13.9. The van der Waals surface area contributed by atoms with Crippen molar-refractivity contribution in [2.75, 3.05) is 0 Å². The number of nitrogens with zero attached hydrogens (tertiary/aromatic N) is 5. The fraction of sp³-hybridized carbons (Fsp3) is 0.191. The van der Waals surface area contributed by atoms with E-state index in [-0.39, 0.29) is 54.2 Å². The van der Waals surface area contributed by atoms with Gasteiger partial charge in [-0.3, -0.25) is 9.97 Å². The molecule has 0 aliphatic carbocycles. The van der Waals surface area contributed by atoms with Crippen LogP contribution < -0.4 is 0 Å². The summed E-state index contributed by atoms with van der Waals surface area (Å²) < 4.78 is 88.3. The molecule has 5 aromatic heterocycles. The van der Waals surface area contributed by atoms with Crippen LogP contribution in [0.1, 0.15) is 79.7 Å². The van der Waals surface area contributed by atoms with Crippen LogP contribution in [0.5, 0.6) is 0 Å². The summed E-state index contributed by atoms with van der Waals surface area (Å²) in [5.41, 5.74) is 9.67. The monoisotopic (exact) mass is 923 g/mol. The molecule has 0 fully saturated rings. The Morgan fingerprint density at radius 3 is 2.23 bits per heavy atom. The predicted octanol–water partition coefficient (Wildman–Crippen LogP) is 12.4. The Bertz CT molecular complexity index is 3280. The zero-order chi connectivity index (χ0) is 45.5. The second-order valence-electron chi connectivity index (χ2n) is 13.9. The number of hydrogen-bond donors (Lipinski definition) is 0. The molecule has 5 aromatic carbocycles. The van der Waals surface area contributed by atoms with Crippen molar-refractivity contribution in [2.24, 2.45) is 0 Å². The number of aromatic nitrogens is 5. The Morgan fingerprint density at radius 2 is 1.52 bits per heavy atom. The minimum atomic E-state index is -2.44. The zero-order valence-corrected chi connectivity index (χ0v) is 33.1. The van der Waals surface area contributed by atoms with Gasteiger partial charge < -0.3 is 22.8 Å². The molecule has 0 atom stereocenters. The normalized spacial score (nSPS) is 14.7. The molecule has 10 rings (SSSR count). The third-order valence-electron chi connectivity index (χ3n) is 9.73. The molecule has 0 bridgehead atoms. The number of imidazole rings is 1. The Labute approximate surface area is 350 Å². The Hall–Kier alpha value is -5.89. The molecule has 9 heteroatoms. The van der Waals surface area contributed by atoms with Crippen LogP contribution in [0.2, 0.25) is 0 Å². The minimum Gasteiger partial charge on any atom is -0.500 e. The zero-order valence-electron chi connectivity index (χ0n) is 39.7. The number of benzene rings is 5. The van der Waals surface area contributed by atoms with Crippen molar-refractivity contribution < 1.29 is 45.7 Å². The number of furan rings is 1. The molecule has 0 spiro atoms. The average molecular weight is 923 g/mol. The van der Waals surface area contributed by atoms with Crippen LogP contribution in [0.3, 0.4) is 0 Å². The van der Waals surface area contributed by atoms with Crippen molar-refractivity contribution >= 4 is 55.2 Å². The molecule has 0 unspecified atom stereocenters. The molecule has 8 nitrogen and oxygen atoms in total. The van der Waals surface area contributed by atoms with Crippen molar-refractivity contribution in [1.82, 2.24) is 24.5 Å². The van der Waals surface area contributed by atoms with Crippen LogP contribution in [-0.2, 0) is 20.1 Å². The summed E-state index contributed by atoms with van der Waals surface area (Å²) in [7, 11) is 0. The predicted molar refractivity (Wildman–Crippen MR) is 219 cm³/mol. The van der Waals surface area contributed by atoms with Crippen molar-refractivity contribution in [3.05, 3.63) is 138 Å². The summed E-state index contributed by atoms with van der Waals surface area (Å²) in [5.74, 6) is 1.10. The molecular weight excluding hydrogens is 875 g/mol. The Kier molecular flexibility index (Phi) is 7.23. The van der Waals surface area contributed by atoms with Crippen LogP contribution in [0, 0.1) is 32.7 Å². The van der Waals surface area contributed by atoms with E-state index in [1.165, 1.54) is 54.4 Å². The van der Waals surface area contributed by atoms with Gasteiger partial charge in [-0.15, -0.1) is 35.4 Å². The summed E-state index contributed by atoms with van der Waals surface area (Å²) in [6.45, 7) is 1.99. The summed E-state index contributed by atoms with van der Waals surface area (Å²) >= 11 is 0. The molecule has 0 aliphatic heterocycles. The van der Waals surface area contributed by atoms with Crippen molar-refractivity contribution in [3.63, 3.8) is 0 Å². The standard InChI is InChI=1S/C34H27N4O3.C13H12N.Ir/c1-17(2)20-9-8-10-21(18(3)4)31(20)38-24-12-7-6-11-23(24)37-34(38)22-14-26-29(35-15-39-26)28-27-25(41-33(22)28)13-19(5)32-30(27)36-16-40-32;1-10-3-6-12(7-4-10)13-8-5-11(2)9-14-13;/h6-13,15-18H,1-5H3;3-6,8-9H,1-2H3;/q2*-1;/i5D3;1D3,2D3;. The van der Waals surface area contributed by atoms with Crippen LogP contribution in [-0.4, -0.2) is 24.5 Å². The van der Waals surface area contributed by atoms with Crippen LogP contribution in [0.15, 0.2) is 111 Å². The van der Waals surface area contributed by atoms with Crippen LogP contribution in [0.4, 0.5) is 0 Å². The fourth-order valence-corrected chi connectivity index (χ4v) is 7.17. The first-order valence-corrected chi connectivity index (χ1v) is 17.8. The third kappa shape index (κ3) is 6.21. The smallest absolute Gasteiger partial charge is 0.182 e. The number of oxazole rings is 2. The number of fused-ring (bicyclic) bond motifs is 8. The topological polar surface area (TPSA) is 95.9 Å². The first-order valence-electron chi connectivity index (χ1n) is 22.3. The molecule has 0 amide bonds. The first kappa shape index (κ1) is 27.7. The molecule has 1 radical (unpaired) electrons. The maximum absolute atomic E-state index is 8.14. The molecule has 281 valence electrons. The molecule has 0 saturated carbocycles. The molecule has 0 aliphatic rings. The molecule has 0 saturated heterocycles. The van der Waals surface area contributed by atoms with Crippen molar-refractivity contribution in [1.29, 1.82) is 0 Å². The van der Waals surface area contributed by atoms with Gasteiger partial charge in [-0.2, -0.15) is 0 Å². The number of pyridine rings is 1. The van der Waals surface area contributed by atoms with E-state index in [1.54, 1.807) is 12.1 Å². The van der Waals surface area contributed by atoms with Gasteiger partial charge in [0, 0.05) is 55.2 Å². The number of hydrogen-bond acceptors (Lipinski definition) is 7. The summed E-state index contributed by atoms with van der Waals surface area (Å²) in [6.07, 6.45) is 3.92. The fourth-order valence-electron chi connectivity index (χ4n) is 7.17. The van der Waals surface area contributed by atoms with Crippen molar-refractivity contribution in [3.8, 4) is 28.3 Å². The van der Waals surface area contributed by atoms with Crippen LogP contribution >= 0.6 is 0 Å². The molecular formula is C47H39IrN5O3-2. The van der Waals surface area contributed by atoms with Gasteiger partial charge in [0.05, 0.1) is 28.0 Å². The van der Waals surface area contributed by atoms with E-state index in [4.69, 9.17) is 30.6 Å². The molecule has 56 heavy (non-hydrogen) atoms. The summed E-state index contributed by atoms with van der Waals surface area (Å²) in [5, 5.41) is 1.23. The van der Waals surface area contributed by atoms with Gasteiger partial charge in [0.2, 0.25) is 0 Å². The molecule has 5 heterocycles. The maximum Gasteiger partial charge on any atom is 0.182 e. The van der Waals surface area contributed by atoms with Gasteiger partial charge in [0.25, 0.3) is 0 Å². The quantitative estimate of drug-likeness (QED) is 0.159. The van der Waals surface area contributed by atoms with Gasteiger partial charge >= 0.3 is 0 Å². The van der Waals surface area contributed by atoms with E-state index in [1.807, 2.05) is 18.2 Å². The number of para-hydroxylation sites is 3. The summed E-state index contributed by atoms with van der Waals surface area (Å²) in [4.78, 5) is 18.2. The van der Waals surface area contributed by atoms with Gasteiger partial charge in [0.15, 0.2) is 18.4 Å². The number of aryl methyl sites for hydroxylation is 3. The van der Waals surface area contributed by atoms with E-state index in [0.29, 0.717) is 61.2 Å². The number of rotatable bonds is 5. The summed E-state index contributed by atoms with van der Waals surface area (Å²) in [6, 6.07) is 29.9. The van der Waals surface area contributed by atoms with Gasteiger partial charge in [-0.1, -0.05) is 88.6 Å². The second kappa shape index (κ2) is 14.6.